The van der Waals surface area contributed by atoms with Gasteiger partial charge in [0.25, 0.3) is 0 Å². The Bertz CT molecular complexity index is 3130. The Kier molecular flexibility index (Phi) is 14.4. The second-order valence-electron chi connectivity index (χ2n) is 19.3. The third kappa shape index (κ3) is 10.3. The highest BCUT2D eigenvalue weighted by atomic mass is 35.5. The number of aromatic nitrogens is 5. The highest BCUT2D eigenvalue weighted by Gasteiger charge is 2.35. The molecule has 2 aromatic heterocycles. The van der Waals surface area contributed by atoms with Gasteiger partial charge in [-0.3, -0.25) is 19.4 Å². The highest BCUT2D eigenvalue weighted by Crippen LogP contribution is 2.38. The SMILES string of the molecule is C=CC(=O)N1CCN(c2nc(OCCN3CCN(C(=O)C4CCN(Cc5ccc(-n6c(-c7cc(C)c(O)cc7O)n[nH]c6=O)cc5)CC4)CC3)nc3c2CCN(c2cccc4cccc(Cl)c24)C3)CC1CC#N. The number of halogens is 1. The number of hydrogen-bond donors (Lipinski definition) is 3. The number of piperazine rings is 2. The lowest BCUT2D eigenvalue weighted by atomic mass is 9.94. The number of anilines is 2. The van der Waals surface area contributed by atoms with Crippen LogP contribution in [0, 0.1) is 24.2 Å². The first kappa shape index (κ1) is 49.1. The molecule has 18 nitrogen and oxygen atoms in total. The van der Waals surface area contributed by atoms with Crippen molar-refractivity contribution in [1.29, 1.82) is 5.26 Å². The third-order valence-electron chi connectivity index (χ3n) is 14.8. The molecule has 0 bridgehead atoms. The van der Waals surface area contributed by atoms with Gasteiger partial charge in [0, 0.05) is 94.1 Å². The summed E-state index contributed by atoms with van der Waals surface area (Å²) in [6.07, 6.45) is 3.76. The van der Waals surface area contributed by atoms with Gasteiger partial charge < -0.3 is 34.5 Å². The van der Waals surface area contributed by atoms with Crippen LogP contribution in [0.3, 0.4) is 0 Å². The number of aromatic hydroxyl groups is 2. The molecular formula is C54H59ClN12O6. The number of amides is 2. The highest BCUT2D eigenvalue weighted by molar-refractivity contribution is 6.36. The molecule has 0 spiro atoms. The number of fused-ring (bicyclic) bond motifs is 2. The zero-order chi connectivity index (χ0) is 50.8. The van der Waals surface area contributed by atoms with Crippen molar-refractivity contribution in [2.24, 2.45) is 5.92 Å². The lowest BCUT2D eigenvalue weighted by molar-refractivity contribution is -0.139. The first-order valence-corrected chi connectivity index (χ1v) is 25.4. The van der Waals surface area contributed by atoms with Crippen molar-refractivity contribution >= 4 is 45.7 Å². The van der Waals surface area contributed by atoms with E-state index in [1.165, 1.54) is 16.7 Å². The van der Waals surface area contributed by atoms with E-state index in [1.54, 1.807) is 17.9 Å². The Labute approximate surface area is 428 Å². The molecule has 378 valence electrons. The number of carbonyl (C=O) groups is 2. The van der Waals surface area contributed by atoms with Crippen LogP contribution in [0.4, 0.5) is 11.5 Å². The number of piperidine rings is 1. The number of aromatic amines is 1. The van der Waals surface area contributed by atoms with Crippen LogP contribution >= 0.6 is 11.6 Å². The molecule has 6 aromatic rings. The van der Waals surface area contributed by atoms with Crippen LogP contribution in [0.5, 0.6) is 17.5 Å². The average molecular weight is 1010 g/mol. The molecule has 3 fully saturated rings. The van der Waals surface area contributed by atoms with Crippen LogP contribution in [-0.4, -0.2) is 151 Å². The predicted molar refractivity (Wildman–Crippen MR) is 278 cm³/mol. The zero-order valence-corrected chi connectivity index (χ0v) is 41.7. The van der Waals surface area contributed by atoms with Crippen molar-refractivity contribution < 1.29 is 24.5 Å². The van der Waals surface area contributed by atoms with E-state index in [4.69, 9.17) is 26.3 Å². The van der Waals surface area contributed by atoms with Gasteiger partial charge in [0.15, 0.2) is 5.82 Å². The molecule has 3 saturated heterocycles. The van der Waals surface area contributed by atoms with Gasteiger partial charge in [0.2, 0.25) is 11.8 Å². The Morgan fingerprint density at radius 2 is 1.68 bits per heavy atom. The minimum Gasteiger partial charge on any atom is -0.508 e. The molecule has 73 heavy (non-hydrogen) atoms. The Hall–Kier alpha value is -7.46. The van der Waals surface area contributed by atoms with E-state index in [2.05, 4.69) is 66.7 Å². The number of ether oxygens (including phenoxy) is 1. The van der Waals surface area contributed by atoms with Gasteiger partial charge in [-0.05, 0) is 92.2 Å². The zero-order valence-electron chi connectivity index (χ0n) is 40.9. The lowest BCUT2D eigenvalue weighted by Gasteiger charge is -2.42. The van der Waals surface area contributed by atoms with Crippen LogP contribution < -0.4 is 20.2 Å². The predicted octanol–water partition coefficient (Wildman–Crippen LogP) is 5.66. The number of H-pyrrole nitrogens is 1. The van der Waals surface area contributed by atoms with Crippen LogP contribution in [-0.2, 0) is 29.1 Å². The molecule has 4 aliphatic rings. The van der Waals surface area contributed by atoms with Gasteiger partial charge in [-0.15, -0.1) is 0 Å². The summed E-state index contributed by atoms with van der Waals surface area (Å²) in [5, 5.41) is 39.7. The lowest BCUT2D eigenvalue weighted by Crippen LogP contribution is -2.55. The van der Waals surface area contributed by atoms with E-state index in [0.717, 1.165) is 84.7 Å². The van der Waals surface area contributed by atoms with E-state index >= 15 is 0 Å². The standard InChI is InChI=1S/C54H59ClN12O6/c1-3-48(70)66-27-26-65(33-40(66)14-18-56)50-41-17-21-64(45-9-5-7-37-6-4-8-43(55)49(37)45)34-44(41)57-53(58-50)73-29-28-61-22-24-63(25-23-61)52(71)38-15-19-62(20-16-38)32-36-10-12-39(13-11-36)67-51(59-60-54(67)72)42-30-35(2)46(68)31-47(42)69/h3-13,30-31,38,40,68-69H,1,14-17,19-29,32-34H2,2H3,(H,60,72). The number of phenols is 2. The molecule has 6 heterocycles. The summed E-state index contributed by atoms with van der Waals surface area (Å²) in [7, 11) is 0. The summed E-state index contributed by atoms with van der Waals surface area (Å²) < 4.78 is 7.79. The van der Waals surface area contributed by atoms with E-state index in [-0.39, 0.29) is 53.5 Å². The maximum absolute atomic E-state index is 13.8. The number of benzene rings is 4. The number of likely N-dealkylation sites (tertiary alicyclic amines) is 1. The van der Waals surface area contributed by atoms with Gasteiger partial charge in [0.1, 0.15) is 23.9 Å². The molecule has 19 heteroatoms. The molecule has 1 atom stereocenters. The largest absolute Gasteiger partial charge is 0.508 e. The van der Waals surface area contributed by atoms with Gasteiger partial charge in [-0.25, -0.2) is 14.5 Å². The van der Waals surface area contributed by atoms with Gasteiger partial charge in [-0.1, -0.05) is 54.6 Å². The summed E-state index contributed by atoms with van der Waals surface area (Å²) in [5.74, 6) is 0.801. The molecule has 4 aliphatic heterocycles. The molecule has 10 rings (SSSR count). The maximum Gasteiger partial charge on any atom is 0.348 e. The molecular weight excluding hydrogens is 948 g/mol. The van der Waals surface area contributed by atoms with Crippen molar-refractivity contribution in [1.82, 2.24) is 44.3 Å². The Balaban J connectivity index is 0.734. The first-order chi connectivity index (χ1) is 35.5. The molecule has 3 N–H and O–H groups in total. The van der Waals surface area contributed by atoms with Crippen LogP contribution in [0.25, 0.3) is 27.8 Å². The van der Waals surface area contributed by atoms with E-state index in [9.17, 15) is 29.9 Å². The van der Waals surface area contributed by atoms with Gasteiger partial charge >= 0.3 is 11.7 Å². The molecule has 0 aliphatic carbocycles. The van der Waals surface area contributed by atoms with Crippen molar-refractivity contribution in [3.8, 4) is 40.7 Å². The maximum atomic E-state index is 13.8. The van der Waals surface area contributed by atoms with Crippen molar-refractivity contribution in [3.05, 3.63) is 123 Å². The van der Waals surface area contributed by atoms with E-state index in [0.29, 0.717) is 87.2 Å². The second-order valence-corrected chi connectivity index (χ2v) is 19.7. The van der Waals surface area contributed by atoms with Gasteiger partial charge in [-0.2, -0.15) is 20.3 Å². The molecule has 2 amide bonds. The Morgan fingerprint density at radius 1 is 0.918 bits per heavy atom. The summed E-state index contributed by atoms with van der Waals surface area (Å²) in [6.45, 7) is 14.2. The summed E-state index contributed by atoms with van der Waals surface area (Å²) in [4.78, 5) is 62.4. The van der Waals surface area contributed by atoms with Crippen LogP contribution in [0.15, 0.2) is 90.2 Å². The average Bonchev–Trinajstić information content (AvgIpc) is 3.79. The Morgan fingerprint density at radius 3 is 2.44 bits per heavy atom. The summed E-state index contributed by atoms with van der Waals surface area (Å²) in [5.41, 5.74) is 5.04. The van der Waals surface area contributed by atoms with Crippen molar-refractivity contribution in [3.63, 3.8) is 0 Å². The van der Waals surface area contributed by atoms with E-state index < -0.39 is 5.69 Å². The molecule has 0 saturated carbocycles. The number of aryl methyl sites for hydroxylation is 1. The number of hydrogen-bond acceptors (Lipinski definition) is 14. The van der Waals surface area contributed by atoms with Crippen LogP contribution in [0.2, 0.25) is 5.02 Å². The second kappa shape index (κ2) is 21.3. The number of phenolic OH excluding ortho intramolecular Hbond substituents is 2. The van der Waals surface area contributed by atoms with Crippen molar-refractivity contribution in [2.75, 3.05) is 88.4 Å². The molecule has 1 unspecified atom stereocenters. The van der Waals surface area contributed by atoms with E-state index in [1.807, 2.05) is 41.3 Å². The quantitative estimate of drug-likeness (QED) is 0.120. The molecule has 4 aromatic carbocycles. The number of rotatable bonds is 13. The minimum atomic E-state index is -0.446. The monoisotopic (exact) mass is 1010 g/mol. The molecule has 0 radical (unpaired) electrons. The number of nitrogens with one attached hydrogen (secondary N) is 1. The summed E-state index contributed by atoms with van der Waals surface area (Å²) in [6, 6.07) is 24.9. The fraction of sp³-hybridized carbons (Fsp3) is 0.389. The third-order valence-corrected chi connectivity index (χ3v) is 15.2. The first-order valence-electron chi connectivity index (χ1n) is 25.0. The minimum absolute atomic E-state index is 0.0237. The van der Waals surface area contributed by atoms with Crippen molar-refractivity contribution in [2.45, 2.75) is 51.7 Å². The fourth-order valence-corrected chi connectivity index (χ4v) is 11.1. The number of nitrogens with zero attached hydrogens (tertiary/aromatic N) is 11. The topological polar surface area (TPSA) is 204 Å². The van der Waals surface area contributed by atoms with Gasteiger partial charge in [0.05, 0.1) is 47.0 Å². The normalized spacial score (nSPS) is 17.9. The number of nitriles is 1. The summed E-state index contributed by atoms with van der Waals surface area (Å²) >= 11 is 6.79. The number of carbonyl (C=O) groups excluding carboxylic acids is 2. The smallest absolute Gasteiger partial charge is 0.348 e. The fourth-order valence-electron chi connectivity index (χ4n) is 10.8. The van der Waals surface area contributed by atoms with Crippen LogP contribution in [0.1, 0.15) is 41.6 Å².